The lowest BCUT2D eigenvalue weighted by molar-refractivity contribution is -0.244. The van der Waals surface area contributed by atoms with E-state index in [1.54, 1.807) is 6.08 Å². The third-order valence-corrected chi connectivity index (χ3v) is 11.6. The van der Waals surface area contributed by atoms with E-state index in [9.17, 15) is 24.6 Å². The molecule has 0 aromatic carbocycles. The average Bonchev–Trinajstić information content (AvgIpc) is 3.49. The summed E-state index contributed by atoms with van der Waals surface area (Å²) in [5.74, 6) is 0.103. The fourth-order valence-electron chi connectivity index (χ4n) is 9.45. The first-order chi connectivity index (χ1) is 17.1. The summed E-state index contributed by atoms with van der Waals surface area (Å²) in [7, 11) is 0.0537. The highest BCUT2D eigenvalue weighted by Gasteiger charge is 2.70. The first kappa shape index (κ1) is 24.6. The Morgan fingerprint density at radius 3 is 2.47 bits per heavy atom. The molecule has 4 saturated carbocycles. The zero-order chi connectivity index (χ0) is 25.5. The van der Waals surface area contributed by atoms with Gasteiger partial charge in [-0.3, -0.25) is 9.59 Å². The van der Waals surface area contributed by atoms with E-state index in [1.165, 1.54) is 4.81 Å². The van der Waals surface area contributed by atoms with Gasteiger partial charge in [0, 0.05) is 30.4 Å². The summed E-state index contributed by atoms with van der Waals surface area (Å²) in [6.45, 7) is 4.65. The van der Waals surface area contributed by atoms with Crippen LogP contribution in [0.15, 0.2) is 11.6 Å². The number of cyclic esters (lactones) is 1. The summed E-state index contributed by atoms with van der Waals surface area (Å²) >= 11 is 0. The number of nitrogens with zero attached hydrogens (tertiary/aromatic N) is 1. The zero-order valence-electron chi connectivity index (χ0n) is 21.4. The van der Waals surface area contributed by atoms with Crippen LogP contribution in [-0.2, 0) is 23.8 Å². The van der Waals surface area contributed by atoms with Crippen LogP contribution in [-0.4, -0.2) is 64.8 Å². The molecular weight excluding hydrogens is 461 g/mol. The number of aliphatic hydroxyl groups excluding tert-OH is 1. The zero-order valence-corrected chi connectivity index (χ0v) is 21.4. The van der Waals surface area contributed by atoms with Gasteiger partial charge in [-0.2, -0.15) is 0 Å². The van der Waals surface area contributed by atoms with E-state index in [0.717, 1.165) is 44.1 Å². The second-order valence-electron chi connectivity index (χ2n) is 12.8. The standard InChI is InChI=1S/C27H38BNO7/c1-25-9-7-17(36-28-29-22(31)5-6-23(29)32)12-16(25)3-4-19-20(25)13-21(30)26(2)18(8-10-27(19,26)34)15-11-24(33)35-14-15/h11,16-21,28,30,34H,3-10,12-14H2,1-2H3/t16-,17+,18-,19-,20+,21-,25+,26+,27+/m1/s1. The highest BCUT2D eigenvalue weighted by Crippen LogP contribution is 2.70. The maximum atomic E-state index is 12.3. The molecule has 196 valence electrons. The minimum absolute atomic E-state index is 0.00386. The lowest BCUT2D eigenvalue weighted by Crippen LogP contribution is -2.67. The number of carbonyl (C=O) groups is 3. The Labute approximate surface area is 213 Å². The molecule has 36 heavy (non-hydrogen) atoms. The molecule has 5 fully saturated rings. The van der Waals surface area contributed by atoms with Gasteiger partial charge < -0.3 is 24.4 Å². The Balaban J connectivity index is 1.19. The second kappa shape index (κ2) is 8.40. The number of aliphatic hydroxyl groups is 2. The van der Waals surface area contributed by atoms with Gasteiger partial charge in [-0.05, 0) is 86.0 Å². The van der Waals surface area contributed by atoms with Crippen LogP contribution in [0.2, 0.25) is 0 Å². The van der Waals surface area contributed by atoms with Crippen molar-refractivity contribution in [1.29, 1.82) is 0 Å². The number of hydrogen-bond donors (Lipinski definition) is 2. The van der Waals surface area contributed by atoms with Gasteiger partial charge in [-0.15, -0.1) is 0 Å². The molecular formula is C27H38BNO7. The molecule has 9 atom stereocenters. The molecule has 0 unspecified atom stereocenters. The molecule has 2 heterocycles. The molecule has 0 radical (unpaired) electrons. The van der Waals surface area contributed by atoms with Crippen molar-refractivity contribution in [3.05, 3.63) is 11.6 Å². The quantitative estimate of drug-likeness (QED) is 0.346. The number of ether oxygens (including phenoxy) is 1. The van der Waals surface area contributed by atoms with Crippen LogP contribution in [0.3, 0.4) is 0 Å². The maximum Gasteiger partial charge on any atom is 0.406 e. The SMILES string of the molecule is C[C@]12CC[C@H](OBN3C(=O)CCC3=O)C[C@H]1CC[C@@H]1[C@@H]2C[C@@H](O)[C@]2(C)[C@@H](C3=CC(=O)OC3)CC[C@]12O. The Kier molecular flexibility index (Phi) is 5.75. The first-order valence-corrected chi connectivity index (χ1v) is 13.8. The number of hydrogen-bond acceptors (Lipinski definition) is 7. The molecule has 2 amide bonds. The Hall–Kier alpha value is -1.71. The maximum absolute atomic E-state index is 12.3. The topological polar surface area (TPSA) is 113 Å². The van der Waals surface area contributed by atoms with Crippen molar-refractivity contribution in [1.82, 2.24) is 4.81 Å². The summed E-state index contributed by atoms with van der Waals surface area (Å²) in [5, 5.41) is 24.0. The first-order valence-electron chi connectivity index (χ1n) is 13.8. The minimum Gasteiger partial charge on any atom is -0.458 e. The number of rotatable bonds is 4. The largest absolute Gasteiger partial charge is 0.458 e. The highest BCUT2D eigenvalue weighted by molar-refractivity contribution is 6.38. The van der Waals surface area contributed by atoms with E-state index in [0.29, 0.717) is 18.8 Å². The van der Waals surface area contributed by atoms with E-state index in [4.69, 9.17) is 9.39 Å². The summed E-state index contributed by atoms with van der Waals surface area (Å²) < 4.78 is 11.3. The molecule has 6 rings (SSSR count). The molecule has 0 spiro atoms. The van der Waals surface area contributed by atoms with Crippen molar-refractivity contribution in [2.24, 2.45) is 34.5 Å². The molecule has 0 bridgehead atoms. The smallest absolute Gasteiger partial charge is 0.406 e. The van der Waals surface area contributed by atoms with Crippen LogP contribution >= 0.6 is 0 Å². The van der Waals surface area contributed by atoms with Crippen molar-refractivity contribution < 1.29 is 34.0 Å². The van der Waals surface area contributed by atoms with E-state index in [1.807, 2.05) is 6.92 Å². The normalized spacial score (nSPS) is 48.3. The predicted molar refractivity (Wildman–Crippen MR) is 130 cm³/mol. The summed E-state index contributed by atoms with van der Waals surface area (Å²) in [6.07, 6.45) is 8.18. The number of imide groups is 1. The second-order valence-corrected chi connectivity index (χ2v) is 12.8. The molecule has 4 aliphatic carbocycles. The van der Waals surface area contributed by atoms with Gasteiger partial charge in [-0.1, -0.05) is 13.8 Å². The summed E-state index contributed by atoms with van der Waals surface area (Å²) in [6, 6.07) is 0. The molecule has 9 heteroatoms. The fraction of sp³-hybridized carbons (Fsp3) is 0.815. The van der Waals surface area contributed by atoms with Crippen molar-refractivity contribution in [2.75, 3.05) is 6.61 Å². The van der Waals surface area contributed by atoms with Gasteiger partial charge in [-0.25, -0.2) is 4.79 Å². The van der Waals surface area contributed by atoms with Crippen molar-refractivity contribution in [3.8, 4) is 0 Å². The van der Waals surface area contributed by atoms with Crippen molar-refractivity contribution in [3.63, 3.8) is 0 Å². The van der Waals surface area contributed by atoms with Gasteiger partial charge in [0.05, 0.1) is 11.7 Å². The van der Waals surface area contributed by atoms with Crippen molar-refractivity contribution in [2.45, 2.75) is 95.9 Å². The summed E-state index contributed by atoms with van der Waals surface area (Å²) in [5.41, 5.74) is -0.732. The molecule has 1 saturated heterocycles. The van der Waals surface area contributed by atoms with Gasteiger partial charge in [0.1, 0.15) is 6.61 Å². The number of amides is 2. The molecule has 2 N–H and O–H groups in total. The van der Waals surface area contributed by atoms with Crippen LogP contribution in [0, 0.1) is 34.5 Å². The van der Waals surface area contributed by atoms with Crippen LogP contribution in [0.25, 0.3) is 0 Å². The van der Waals surface area contributed by atoms with Gasteiger partial charge in [0.25, 0.3) is 0 Å². The lowest BCUT2D eigenvalue weighted by Gasteiger charge is -2.65. The number of carbonyl (C=O) groups excluding carboxylic acids is 3. The van der Waals surface area contributed by atoms with Crippen LogP contribution in [0.5, 0.6) is 0 Å². The van der Waals surface area contributed by atoms with Gasteiger partial charge >= 0.3 is 13.6 Å². The molecule has 0 aromatic rings. The Bertz CT molecular complexity index is 1000. The highest BCUT2D eigenvalue weighted by atomic mass is 16.5. The molecule has 6 aliphatic rings. The van der Waals surface area contributed by atoms with E-state index in [-0.39, 0.29) is 74.1 Å². The lowest BCUT2D eigenvalue weighted by atomic mass is 9.42. The summed E-state index contributed by atoms with van der Waals surface area (Å²) in [4.78, 5) is 36.9. The van der Waals surface area contributed by atoms with E-state index >= 15 is 0 Å². The third-order valence-electron chi connectivity index (χ3n) is 11.6. The van der Waals surface area contributed by atoms with E-state index < -0.39 is 17.1 Å². The minimum atomic E-state index is -0.968. The molecule has 0 aromatic heterocycles. The average molecular weight is 499 g/mol. The van der Waals surface area contributed by atoms with Gasteiger partial charge in [0.2, 0.25) is 11.8 Å². The van der Waals surface area contributed by atoms with E-state index in [2.05, 4.69) is 6.92 Å². The number of esters is 1. The van der Waals surface area contributed by atoms with Crippen LogP contribution < -0.4 is 0 Å². The molecule has 2 aliphatic heterocycles. The van der Waals surface area contributed by atoms with Crippen molar-refractivity contribution >= 4 is 25.4 Å². The van der Waals surface area contributed by atoms with Gasteiger partial charge in [0.15, 0.2) is 0 Å². The van der Waals surface area contributed by atoms with Crippen LogP contribution in [0.1, 0.15) is 78.1 Å². The fourth-order valence-corrected chi connectivity index (χ4v) is 9.45. The molecule has 8 nitrogen and oxygen atoms in total. The van der Waals surface area contributed by atoms with Crippen LogP contribution in [0.4, 0.5) is 0 Å². The predicted octanol–water partition coefficient (Wildman–Crippen LogP) is 2.01. The monoisotopic (exact) mass is 499 g/mol. The Morgan fingerprint density at radius 2 is 1.78 bits per heavy atom. The Morgan fingerprint density at radius 1 is 1.03 bits per heavy atom. The number of fused-ring (bicyclic) bond motifs is 5. The third kappa shape index (κ3) is 3.34.